The second kappa shape index (κ2) is 12.5. The van der Waals surface area contributed by atoms with Gasteiger partial charge in [-0.05, 0) is 30.8 Å². The highest BCUT2D eigenvalue weighted by Crippen LogP contribution is 2.41. The van der Waals surface area contributed by atoms with Crippen molar-refractivity contribution in [2.75, 3.05) is 6.61 Å². The first-order valence-electron chi connectivity index (χ1n) is 15.2. The zero-order chi connectivity index (χ0) is 30.7. The molecule has 1 heterocycles. The van der Waals surface area contributed by atoms with Gasteiger partial charge in [0.1, 0.15) is 12.2 Å². The van der Waals surface area contributed by atoms with Gasteiger partial charge in [-0.2, -0.15) is 0 Å². The van der Waals surface area contributed by atoms with Gasteiger partial charge < -0.3 is 18.4 Å². The summed E-state index contributed by atoms with van der Waals surface area (Å²) in [5, 5.41) is 4.38. The Bertz CT molecular complexity index is 1390. The molecule has 0 amide bonds. The summed E-state index contributed by atoms with van der Waals surface area (Å²) >= 11 is 0. The summed E-state index contributed by atoms with van der Waals surface area (Å²) in [4.78, 5) is 12.0. The van der Waals surface area contributed by atoms with E-state index >= 15 is 0 Å². The maximum atomic E-state index is 12.0. The van der Waals surface area contributed by atoms with Gasteiger partial charge in [-0.1, -0.05) is 163 Å². The van der Waals surface area contributed by atoms with Crippen molar-refractivity contribution in [3.63, 3.8) is 0 Å². The number of rotatable bonds is 11. The molecule has 0 radical (unpaired) electrons. The lowest BCUT2D eigenvalue weighted by Crippen LogP contribution is -2.70. The molecule has 43 heavy (non-hydrogen) atoms. The summed E-state index contributed by atoms with van der Waals surface area (Å²) in [5.74, 6) is 0. The zero-order valence-corrected chi connectivity index (χ0v) is 28.2. The number of carbonyl (C=O) groups is 1. The molecule has 1 fully saturated rings. The number of epoxide rings is 1. The van der Waals surface area contributed by atoms with Crippen LogP contribution in [0, 0.1) is 0 Å². The fourth-order valence-corrected chi connectivity index (χ4v) is 15.9. The molecular weight excluding hydrogens is 565 g/mol. The van der Waals surface area contributed by atoms with Crippen LogP contribution in [0.5, 0.6) is 0 Å². The molecule has 4 nitrogen and oxygen atoms in total. The molecule has 1 aliphatic rings. The molecule has 4 aromatic rings. The average Bonchev–Trinajstić information content (AvgIpc) is 3.80. The van der Waals surface area contributed by atoms with Crippen LogP contribution in [0.1, 0.15) is 41.5 Å². The van der Waals surface area contributed by atoms with Gasteiger partial charge in [-0.15, -0.1) is 0 Å². The second-order valence-corrected chi connectivity index (χ2v) is 22.1. The van der Waals surface area contributed by atoms with E-state index in [1.165, 1.54) is 20.7 Å². The van der Waals surface area contributed by atoms with Crippen LogP contribution >= 0.6 is 0 Å². The van der Waals surface area contributed by atoms with Crippen molar-refractivity contribution in [1.82, 2.24) is 0 Å². The molecule has 0 aliphatic carbocycles. The molecule has 1 aliphatic heterocycles. The van der Waals surface area contributed by atoms with E-state index in [9.17, 15) is 4.79 Å². The normalized spacial score (nSPS) is 18.2. The molecule has 1 saturated heterocycles. The molecule has 6 heteroatoms. The third kappa shape index (κ3) is 5.99. The number of hydrogen-bond donors (Lipinski definition) is 0. The van der Waals surface area contributed by atoms with Gasteiger partial charge in [0.15, 0.2) is 6.29 Å². The van der Waals surface area contributed by atoms with Gasteiger partial charge in [0.05, 0.1) is 12.7 Å². The number of hydrogen-bond acceptors (Lipinski definition) is 4. The third-order valence-corrected chi connectivity index (χ3v) is 18.8. The quantitative estimate of drug-likeness (QED) is 0.129. The molecule has 4 aromatic carbocycles. The van der Waals surface area contributed by atoms with Crippen LogP contribution in [0.4, 0.5) is 0 Å². The lowest BCUT2D eigenvalue weighted by atomic mass is 10.2. The minimum Gasteiger partial charge on any atom is -0.405 e. The SMILES string of the molecule is CC(C)(C)[Si](OC[C@H](O[Si](c1ccccc1)(c1ccccc1)C(C)(C)C)[C@H]1O[C@H]1C=O)(c1ccccc1)c1ccccc1. The molecule has 0 unspecified atom stereocenters. The van der Waals surface area contributed by atoms with Crippen LogP contribution in [0.25, 0.3) is 0 Å². The van der Waals surface area contributed by atoms with Crippen LogP contribution in [-0.4, -0.2) is 47.8 Å². The summed E-state index contributed by atoms with van der Waals surface area (Å²) in [5.41, 5.74) is 0. The molecule has 0 aromatic heterocycles. The van der Waals surface area contributed by atoms with Gasteiger partial charge in [-0.3, -0.25) is 0 Å². The zero-order valence-electron chi connectivity index (χ0n) is 26.2. The first kappa shape index (κ1) is 31.3. The lowest BCUT2D eigenvalue weighted by Gasteiger charge is -2.47. The summed E-state index contributed by atoms with van der Waals surface area (Å²) in [6.07, 6.45) is -0.402. The topological polar surface area (TPSA) is 48.1 Å². The fraction of sp³-hybridized carbons (Fsp3) is 0.324. The van der Waals surface area contributed by atoms with E-state index in [-0.39, 0.29) is 16.2 Å². The van der Waals surface area contributed by atoms with E-state index in [0.717, 1.165) is 6.29 Å². The van der Waals surface area contributed by atoms with Crippen LogP contribution in [0.15, 0.2) is 121 Å². The second-order valence-electron chi connectivity index (χ2n) is 13.5. The van der Waals surface area contributed by atoms with E-state index in [4.69, 9.17) is 13.6 Å². The van der Waals surface area contributed by atoms with Gasteiger partial charge in [0, 0.05) is 0 Å². The van der Waals surface area contributed by atoms with E-state index in [0.29, 0.717) is 6.61 Å². The van der Waals surface area contributed by atoms with Crippen molar-refractivity contribution in [2.45, 2.75) is 69.9 Å². The number of aldehydes is 1. The molecular formula is C37H44O4Si2. The van der Waals surface area contributed by atoms with Gasteiger partial charge in [-0.25, -0.2) is 0 Å². The monoisotopic (exact) mass is 608 g/mol. The van der Waals surface area contributed by atoms with Crippen LogP contribution in [0.2, 0.25) is 10.1 Å². The van der Waals surface area contributed by atoms with Crippen molar-refractivity contribution in [1.29, 1.82) is 0 Å². The highest BCUT2D eigenvalue weighted by Gasteiger charge is 2.57. The summed E-state index contributed by atoms with van der Waals surface area (Å²) in [6, 6.07) is 42.5. The number of carbonyl (C=O) groups excluding carboxylic acids is 1. The summed E-state index contributed by atoms with van der Waals surface area (Å²) < 4.78 is 20.9. The van der Waals surface area contributed by atoms with E-state index < -0.39 is 28.8 Å². The molecule has 3 atom stereocenters. The smallest absolute Gasteiger partial charge is 0.261 e. The van der Waals surface area contributed by atoms with Crippen LogP contribution < -0.4 is 20.7 Å². The fourth-order valence-electron chi connectivity index (χ4n) is 6.63. The summed E-state index contributed by atoms with van der Waals surface area (Å²) in [7, 11) is -5.79. The average molecular weight is 609 g/mol. The Kier molecular flexibility index (Phi) is 9.07. The maximum Gasteiger partial charge on any atom is 0.261 e. The predicted octanol–water partition coefficient (Wildman–Crippen LogP) is 5.47. The van der Waals surface area contributed by atoms with Crippen LogP contribution in [0.3, 0.4) is 0 Å². The molecule has 224 valence electrons. The standard InChI is InChI=1S/C37H44O4Si2/c1-36(2,3)42(29-19-11-7-12-20-29,30-21-13-8-14-22-30)39-28-34(35-33(27-38)40-35)41-43(37(4,5)6,31-23-15-9-16-24-31)32-25-17-10-18-26-32/h7-27,33-35H,28H2,1-6H3/t33-,34-,35-/m0/s1. The van der Waals surface area contributed by atoms with Crippen molar-refractivity contribution < 1.29 is 18.4 Å². The lowest BCUT2D eigenvalue weighted by molar-refractivity contribution is -0.108. The number of benzene rings is 4. The van der Waals surface area contributed by atoms with Crippen molar-refractivity contribution in [3.05, 3.63) is 121 Å². The van der Waals surface area contributed by atoms with E-state index in [1.54, 1.807) is 0 Å². The first-order chi connectivity index (χ1) is 20.5. The molecule has 0 saturated carbocycles. The summed E-state index contributed by atoms with van der Waals surface area (Å²) in [6.45, 7) is 13.9. The largest absolute Gasteiger partial charge is 0.405 e. The minimum absolute atomic E-state index is 0.188. The van der Waals surface area contributed by atoms with Gasteiger partial charge >= 0.3 is 0 Å². The van der Waals surface area contributed by atoms with Gasteiger partial charge in [0.25, 0.3) is 16.6 Å². The molecule has 0 bridgehead atoms. The third-order valence-electron chi connectivity index (χ3n) is 8.69. The molecule has 0 spiro atoms. The maximum absolute atomic E-state index is 12.0. The predicted molar refractivity (Wildman–Crippen MR) is 181 cm³/mol. The van der Waals surface area contributed by atoms with E-state index in [1.807, 2.05) is 12.1 Å². The van der Waals surface area contributed by atoms with E-state index in [2.05, 4.69) is 151 Å². The minimum atomic E-state index is -2.94. The highest BCUT2D eigenvalue weighted by molar-refractivity contribution is 7.00. The number of ether oxygens (including phenoxy) is 1. The van der Waals surface area contributed by atoms with Crippen LogP contribution in [-0.2, 0) is 18.4 Å². The molecule has 5 rings (SSSR count). The Morgan fingerprint density at radius 1 is 0.628 bits per heavy atom. The Morgan fingerprint density at radius 3 is 1.28 bits per heavy atom. The Morgan fingerprint density at radius 2 is 0.977 bits per heavy atom. The van der Waals surface area contributed by atoms with Crippen molar-refractivity contribution >= 4 is 43.7 Å². The highest BCUT2D eigenvalue weighted by atomic mass is 28.4. The van der Waals surface area contributed by atoms with Crippen molar-refractivity contribution in [2.24, 2.45) is 0 Å². The Balaban J connectivity index is 1.64. The first-order valence-corrected chi connectivity index (χ1v) is 19.0. The Labute approximate surface area is 259 Å². The molecule has 0 N–H and O–H groups in total. The Hall–Kier alpha value is -3.14. The van der Waals surface area contributed by atoms with Gasteiger partial charge in [0.2, 0.25) is 0 Å². The van der Waals surface area contributed by atoms with Crippen molar-refractivity contribution in [3.8, 4) is 0 Å².